The van der Waals surface area contributed by atoms with E-state index in [0.717, 1.165) is 43.4 Å². The first kappa shape index (κ1) is 24.6. The summed E-state index contributed by atoms with van der Waals surface area (Å²) >= 11 is 0. The standard InChI is InChI=1S/C27H48O2/c1-3-4-13-24-16-7-8-17-25(24)21-27(29)20-11-19-26(28)18-10-9-15-23-14-6-5-12-22(23)2/h22-25H,3-21H2,1-2H3. The van der Waals surface area contributed by atoms with E-state index < -0.39 is 0 Å². The maximum atomic E-state index is 12.5. The molecule has 0 N–H and O–H groups in total. The molecule has 2 fully saturated rings. The summed E-state index contributed by atoms with van der Waals surface area (Å²) in [5, 5.41) is 0. The average Bonchev–Trinajstić information content (AvgIpc) is 2.72. The third-order valence-corrected chi connectivity index (χ3v) is 7.97. The topological polar surface area (TPSA) is 34.1 Å². The molecule has 2 aliphatic carbocycles. The van der Waals surface area contributed by atoms with Crippen molar-refractivity contribution in [3.63, 3.8) is 0 Å². The zero-order valence-corrected chi connectivity index (χ0v) is 19.6. The third-order valence-electron chi connectivity index (χ3n) is 7.97. The van der Waals surface area contributed by atoms with Crippen molar-refractivity contribution in [2.45, 2.75) is 136 Å². The quantitative estimate of drug-likeness (QED) is 0.274. The van der Waals surface area contributed by atoms with Crippen LogP contribution < -0.4 is 0 Å². The normalized spacial score (nSPS) is 27.7. The molecule has 0 aromatic rings. The van der Waals surface area contributed by atoms with Crippen LogP contribution in [0.1, 0.15) is 136 Å². The molecule has 0 amide bonds. The van der Waals surface area contributed by atoms with E-state index in [1.807, 2.05) is 0 Å². The average molecular weight is 405 g/mol. The second-order valence-electron chi connectivity index (χ2n) is 10.3. The number of hydrogen-bond donors (Lipinski definition) is 0. The lowest BCUT2D eigenvalue weighted by atomic mass is 9.74. The predicted molar refractivity (Wildman–Crippen MR) is 123 cm³/mol. The molecule has 2 heteroatoms. The van der Waals surface area contributed by atoms with Crippen LogP contribution in [0.4, 0.5) is 0 Å². The maximum absolute atomic E-state index is 12.5. The highest BCUT2D eigenvalue weighted by molar-refractivity contribution is 5.81. The minimum Gasteiger partial charge on any atom is -0.300 e. The first-order valence-corrected chi connectivity index (χ1v) is 13.1. The second kappa shape index (κ2) is 14.4. The highest BCUT2D eigenvalue weighted by atomic mass is 16.1. The van der Waals surface area contributed by atoms with Crippen LogP contribution in [-0.2, 0) is 9.59 Å². The van der Waals surface area contributed by atoms with E-state index in [-0.39, 0.29) is 0 Å². The molecule has 4 unspecified atom stereocenters. The van der Waals surface area contributed by atoms with Gasteiger partial charge >= 0.3 is 0 Å². The van der Waals surface area contributed by atoms with Crippen molar-refractivity contribution in [2.75, 3.05) is 0 Å². The fourth-order valence-electron chi connectivity index (χ4n) is 5.95. The molecule has 0 aromatic heterocycles. The van der Waals surface area contributed by atoms with E-state index >= 15 is 0 Å². The number of carbonyl (C=O) groups excluding carboxylic acids is 2. The Balaban J connectivity index is 1.52. The highest BCUT2D eigenvalue weighted by Gasteiger charge is 2.26. The molecule has 0 bridgehead atoms. The van der Waals surface area contributed by atoms with E-state index in [2.05, 4.69) is 13.8 Å². The fourth-order valence-corrected chi connectivity index (χ4v) is 5.95. The van der Waals surface area contributed by atoms with Gasteiger partial charge in [-0.15, -0.1) is 0 Å². The number of ketones is 2. The zero-order valence-electron chi connectivity index (χ0n) is 19.6. The molecule has 2 saturated carbocycles. The number of rotatable bonds is 14. The summed E-state index contributed by atoms with van der Waals surface area (Å²) in [6, 6.07) is 0. The summed E-state index contributed by atoms with van der Waals surface area (Å²) in [4.78, 5) is 24.7. The van der Waals surface area contributed by atoms with E-state index in [1.165, 1.54) is 83.5 Å². The van der Waals surface area contributed by atoms with Crippen molar-refractivity contribution >= 4 is 11.6 Å². The van der Waals surface area contributed by atoms with Crippen molar-refractivity contribution in [2.24, 2.45) is 23.7 Å². The van der Waals surface area contributed by atoms with E-state index in [4.69, 9.17) is 0 Å². The Kier molecular flexibility index (Phi) is 12.2. The van der Waals surface area contributed by atoms with Gasteiger partial charge in [-0.25, -0.2) is 0 Å². The lowest BCUT2D eigenvalue weighted by Crippen LogP contribution is -2.22. The Morgan fingerprint density at radius 1 is 0.655 bits per heavy atom. The van der Waals surface area contributed by atoms with Gasteiger partial charge in [0.15, 0.2) is 0 Å². The van der Waals surface area contributed by atoms with Gasteiger partial charge in [-0.1, -0.05) is 90.9 Å². The zero-order chi connectivity index (χ0) is 20.9. The van der Waals surface area contributed by atoms with E-state index in [0.29, 0.717) is 30.3 Å². The van der Waals surface area contributed by atoms with Crippen LogP contribution >= 0.6 is 0 Å². The molecule has 2 aliphatic rings. The van der Waals surface area contributed by atoms with Crippen molar-refractivity contribution in [1.82, 2.24) is 0 Å². The second-order valence-corrected chi connectivity index (χ2v) is 10.3. The van der Waals surface area contributed by atoms with Crippen LogP contribution in [0.2, 0.25) is 0 Å². The molecule has 0 saturated heterocycles. The summed E-state index contributed by atoms with van der Waals surface area (Å²) in [5.74, 6) is 3.99. The number of unbranched alkanes of at least 4 members (excludes halogenated alkanes) is 2. The van der Waals surface area contributed by atoms with Crippen molar-refractivity contribution in [3.8, 4) is 0 Å². The summed E-state index contributed by atoms with van der Waals surface area (Å²) in [6.45, 7) is 4.67. The highest BCUT2D eigenvalue weighted by Crippen LogP contribution is 2.36. The maximum Gasteiger partial charge on any atom is 0.133 e. The van der Waals surface area contributed by atoms with E-state index in [9.17, 15) is 9.59 Å². The number of hydrogen-bond acceptors (Lipinski definition) is 2. The molecule has 0 spiro atoms. The predicted octanol–water partition coefficient (Wildman–Crippen LogP) is 8.07. The summed E-state index contributed by atoms with van der Waals surface area (Å²) < 4.78 is 0. The minimum absolute atomic E-state index is 0.382. The van der Waals surface area contributed by atoms with E-state index in [1.54, 1.807) is 0 Å². The van der Waals surface area contributed by atoms with Gasteiger partial charge in [0.25, 0.3) is 0 Å². The molecule has 168 valence electrons. The van der Waals surface area contributed by atoms with Gasteiger partial charge in [0.05, 0.1) is 0 Å². The van der Waals surface area contributed by atoms with Crippen LogP contribution in [0.3, 0.4) is 0 Å². The molecule has 0 aliphatic heterocycles. The van der Waals surface area contributed by atoms with Crippen molar-refractivity contribution < 1.29 is 9.59 Å². The Hall–Kier alpha value is -0.660. The molecule has 0 radical (unpaired) electrons. The van der Waals surface area contributed by atoms with Crippen LogP contribution in [-0.4, -0.2) is 11.6 Å². The minimum atomic E-state index is 0.382. The fraction of sp³-hybridized carbons (Fsp3) is 0.926. The Labute approximate surface area is 181 Å². The van der Waals surface area contributed by atoms with Crippen LogP contribution in [0, 0.1) is 23.7 Å². The lowest BCUT2D eigenvalue weighted by molar-refractivity contribution is -0.121. The molecule has 29 heavy (non-hydrogen) atoms. The molecular formula is C27H48O2. The molecule has 0 aromatic carbocycles. The van der Waals surface area contributed by atoms with Gasteiger partial charge in [-0.05, 0) is 42.9 Å². The van der Waals surface area contributed by atoms with Crippen LogP contribution in [0.25, 0.3) is 0 Å². The van der Waals surface area contributed by atoms with Crippen LogP contribution in [0.15, 0.2) is 0 Å². The number of carbonyl (C=O) groups is 2. The summed E-state index contributed by atoms with van der Waals surface area (Å²) in [5.41, 5.74) is 0. The third kappa shape index (κ3) is 9.79. The molecule has 4 atom stereocenters. The van der Waals surface area contributed by atoms with Gasteiger partial charge in [-0.2, -0.15) is 0 Å². The molecule has 2 rings (SSSR count). The lowest BCUT2D eigenvalue weighted by Gasteiger charge is -2.31. The Bertz CT molecular complexity index is 469. The Morgan fingerprint density at radius 2 is 1.24 bits per heavy atom. The van der Waals surface area contributed by atoms with Crippen molar-refractivity contribution in [3.05, 3.63) is 0 Å². The molecular weight excluding hydrogens is 356 g/mol. The van der Waals surface area contributed by atoms with Gasteiger partial charge < -0.3 is 0 Å². The summed E-state index contributed by atoms with van der Waals surface area (Å²) in [7, 11) is 0. The summed E-state index contributed by atoms with van der Waals surface area (Å²) in [6.07, 6.45) is 21.9. The van der Waals surface area contributed by atoms with Gasteiger partial charge in [0.1, 0.15) is 11.6 Å². The van der Waals surface area contributed by atoms with Crippen molar-refractivity contribution in [1.29, 1.82) is 0 Å². The first-order valence-electron chi connectivity index (χ1n) is 13.1. The monoisotopic (exact) mass is 404 g/mol. The van der Waals surface area contributed by atoms with Gasteiger partial charge in [0, 0.05) is 25.7 Å². The van der Waals surface area contributed by atoms with Gasteiger partial charge in [0.2, 0.25) is 0 Å². The molecule has 2 nitrogen and oxygen atoms in total. The Morgan fingerprint density at radius 3 is 1.97 bits per heavy atom. The largest absolute Gasteiger partial charge is 0.300 e. The van der Waals surface area contributed by atoms with Crippen LogP contribution in [0.5, 0.6) is 0 Å². The first-order chi connectivity index (χ1) is 14.1. The smallest absolute Gasteiger partial charge is 0.133 e. The number of Topliss-reactive ketones (excluding diaryl/α,β-unsaturated/α-hetero) is 2. The van der Waals surface area contributed by atoms with Gasteiger partial charge in [-0.3, -0.25) is 9.59 Å². The SMILES string of the molecule is CCCCC1CCCCC1CC(=O)CCCC(=O)CCCCC1CCCCC1C. The molecule has 0 heterocycles.